The molecule has 1 aliphatic carbocycles. The number of hydrogen-bond donors (Lipinski definition) is 1. The van der Waals surface area contributed by atoms with Crippen LogP contribution in [0, 0.1) is 5.92 Å². The first-order chi connectivity index (χ1) is 15.5. The number of nitrogens with zero attached hydrogens (tertiary/aromatic N) is 4. The van der Waals surface area contributed by atoms with Gasteiger partial charge in [-0.1, -0.05) is 18.5 Å². The summed E-state index contributed by atoms with van der Waals surface area (Å²) in [6, 6.07) is 5.99. The van der Waals surface area contributed by atoms with Crippen LogP contribution in [0.5, 0.6) is 0 Å². The summed E-state index contributed by atoms with van der Waals surface area (Å²) in [5, 5.41) is 3.84. The number of fused-ring (bicyclic) bond motifs is 1. The van der Waals surface area contributed by atoms with Crippen molar-refractivity contribution < 1.29 is 9.53 Å². The van der Waals surface area contributed by atoms with Crippen LogP contribution in [-0.2, 0) is 16.0 Å². The molecule has 1 atom stereocenters. The van der Waals surface area contributed by atoms with Gasteiger partial charge in [0.1, 0.15) is 11.1 Å². The predicted molar refractivity (Wildman–Crippen MR) is 127 cm³/mol. The summed E-state index contributed by atoms with van der Waals surface area (Å²) in [6.45, 7) is 4.21. The lowest BCUT2D eigenvalue weighted by Gasteiger charge is -2.36. The lowest BCUT2D eigenvalue weighted by atomic mass is 9.94. The molecule has 1 amide bonds. The van der Waals surface area contributed by atoms with Crippen LogP contribution in [0.3, 0.4) is 0 Å². The fourth-order valence-electron chi connectivity index (χ4n) is 4.56. The molecule has 3 heterocycles. The van der Waals surface area contributed by atoms with Crippen molar-refractivity contribution in [3.63, 3.8) is 0 Å². The molecule has 0 radical (unpaired) electrons. The second kappa shape index (κ2) is 8.87. The molecule has 32 heavy (non-hydrogen) atoms. The quantitative estimate of drug-likeness (QED) is 0.712. The summed E-state index contributed by atoms with van der Waals surface area (Å²) >= 11 is 6.42. The van der Waals surface area contributed by atoms with E-state index in [2.05, 4.69) is 28.2 Å². The topological polar surface area (TPSA) is 70.6 Å². The highest BCUT2D eigenvalue weighted by Crippen LogP contribution is 2.34. The predicted octanol–water partition coefficient (Wildman–Crippen LogP) is 4.57. The first-order valence-corrected chi connectivity index (χ1v) is 12.0. The van der Waals surface area contributed by atoms with Gasteiger partial charge in [0.15, 0.2) is 5.82 Å². The molecule has 1 aromatic heterocycles. The molecule has 0 bridgehead atoms. The van der Waals surface area contributed by atoms with E-state index in [1.807, 2.05) is 19.2 Å². The number of hydrogen-bond acceptors (Lipinski definition) is 6. The number of carbonyl (C=O) groups excluding carboxylic acids is 1. The minimum Gasteiger partial charge on any atom is -0.365 e. The van der Waals surface area contributed by atoms with Crippen LogP contribution in [0.15, 0.2) is 24.4 Å². The minimum atomic E-state index is -0.413. The highest BCUT2D eigenvalue weighted by atomic mass is 35.5. The third kappa shape index (κ3) is 4.28. The molecule has 1 aromatic carbocycles. The monoisotopic (exact) mass is 455 g/mol. The smallest absolute Gasteiger partial charge is 0.256 e. The number of rotatable bonds is 5. The van der Waals surface area contributed by atoms with E-state index in [-0.39, 0.29) is 12.0 Å². The molecular formula is C24H30ClN5O2. The first-order valence-electron chi connectivity index (χ1n) is 11.6. The molecule has 2 fully saturated rings. The van der Waals surface area contributed by atoms with Gasteiger partial charge in [-0.3, -0.25) is 4.79 Å². The van der Waals surface area contributed by atoms with Crippen molar-refractivity contribution >= 4 is 40.6 Å². The number of benzene rings is 1. The summed E-state index contributed by atoms with van der Waals surface area (Å²) in [5.41, 5.74) is 2.88. The molecular weight excluding hydrogens is 426 g/mol. The Hall–Kier alpha value is -2.38. The average molecular weight is 456 g/mol. The maximum Gasteiger partial charge on any atom is 0.256 e. The second-order valence-corrected chi connectivity index (χ2v) is 9.69. The number of anilines is 4. The van der Waals surface area contributed by atoms with E-state index in [0.717, 1.165) is 61.6 Å². The van der Waals surface area contributed by atoms with Gasteiger partial charge >= 0.3 is 0 Å². The van der Waals surface area contributed by atoms with Crippen molar-refractivity contribution in [2.45, 2.75) is 57.7 Å². The molecule has 5 rings (SSSR count). The number of piperidine rings is 1. The summed E-state index contributed by atoms with van der Waals surface area (Å²) in [7, 11) is 1.82. The van der Waals surface area contributed by atoms with Crippen LogP contribution in [0.2, 0.25) is 5.02 Å². The van der Waals surface area contributed by atoms with E-state index in [9.17, 15) is 4.79 Å². The third-order valence-corrected chi connectivity index (χ3v) is 7.20. The zero-order valence-electron chi connectivity index (χ0n) is 18.7. The van der Waals surface area contributed by atoms with Gasteiger partial charge in [0.2, 0.25) is 5.95 Å². The summed E-state index contributed by atoms with van der Waals surface area (Å²) in [6.07, 6.45) is 7.63. The zero-order valence-corrected chi connectivity index (χ0v) is 19.4. The van der Waals surface area contributed by atoms with Crippen molar-refractivity contribution in [3.8, 4) is 0 Å². The number of likely N-dealkylation sites (N-methyl/N-ethyl adjacent to an activating group) is 1. The van der Waals surface area contributed by atoms with Gasteiger partial charge in [-0.05, 0) is 61.8 Å². The van der Waals surface area contributed by atoms with E-state index >= 15 is 0 Å². The maximum absolute atomic E-state index is 12.7. The average Bonchev–Trinajstić information content (AvgIpc) is 2.76. The van der Waals surface area contributed by atoms with Gasteiger partial charge in [-0.15, -0.1) is 0 Å². The van der Waals surface area contributed by atoms with E-state index in [1.54, 1.807) is 11.1 Å². The molecule has 1 N–H and O–H groups in total. The van der Waals surface area contributed by atoms with Crippen LogP contribution >= 0.6 is 11.6 Å². The molecule has 170 valence electrons. The molecule has 3 aliphatic rings. The molecule has 0 spiro atoms. The van der Waals surface area contributed by atoms with Gasteiger partial charge in [0, 0.05) is 37.9 Å². The number of amides is 1. The molecule has 2 aliphatic heterocycles. The summed E-state index contributed by atoms with van der Waals surface area (Å²) in [4.78, 5) is 25.8. The van der Waals surface area contributed by atoms with E-state index in [1.165, 1.54) is 6.42 Å². The zero-order chi connectivity index (χ0) is 22.2. The molecule has 8 heteroatoms. The van der Waals surface area contributed by atoms with Gasteiger partial charge in [-0.2, -0.15) is 4.98 Å². The Morgan fingerprint density at radius 3 is 2.69 bits per heavy atom. The number of aromatic nitrogens is 2. The first kappa shape index (κ1) is 21.5. The lowest BCUT2D eigenvalue weighted by Crippen LogP contribution is -2.46. The van der Waals surface area contributed by atoms with E-state index in [4.69, 9.17) is 21.3 Å². The van der Waals surface area contributed by atoms with Gasteiger partial charge in [0.25, 0.3) is 5.91 Å². The summed E-state index contributed by atoms with van der Waals surface area (Å²) < 4.78 is 6.08. The Morgan fingerprint density at radius 2 is 1.97 bits per heavy atom. The standard InChI is InChI=1S/C24H30ClN5O2/c1-15-8-10-30(11-9-15)24-26-14-19(25)22(28-24)27-17-6-7-20-16(12-17)13-21(23(31)29(20)2)32-18-4-3-5-18/h6-7,12,14-15,18,21H,3-5,8-11,13H2,1-2H3,(H,26,27,28). The SMILES string of the molecule is CC1CCN(c2ncc(Cl)c(Nc3ccc4c(c3)CC(OC3CCC3)C(=O)N4C)n2)CC1. The third-order valence-electron chi connectivity index (χ3n) is 6.92. The maximum atomic E-state index is 12.7. The van der Waals surface area contributed by atoms with Gasteiger partial charge in [-0.25, -0.2) is 4.98 Å². The lowest BCUT2D eigenvalue weighted by molar-refractivity contribution is -0.137. The molecule has 2 aromatic rings. The number of nitrogens with one attached hydrogen (secondary N) is 1. The van der Waals surface area contributed by atoms with Crippen LogP contribution in [0.4, 0.5) is 23.1 Å². The van der Waals surface area contributed by atoms with Crippen molar-refractivity contribution in [2.24, 2.45) is 5.92 Å². The Balaban J connectivity index is 1.35. The van der Waals surface area contributed by atoms with Gasteiger partial charge < -0.3 is 19.9 Å². The Kier molecular flexibility index (Phi) is 5.95. The van der Waals surface area contributed by atoms with Crippen molar-refractivity contribution in [1.29, 1.82) is 0 Å². The van der Waals surface area contributed by atoms with Crippen LogP contribution in [-0.4, -0.2) is 48.2 Å². The van der Waals surface area contributed by atoms with E-state index < -0.39 is 6.10 Å². The normalized spacial score (nSPS) is 22.0. The van der Waals surface area contributed by atoms with Gasteiger partial charge in [0.05, 0.1) is 12.3 Å². The largest absolute Gasteiger partial charge is 0.365 e. The minimum absolute atomic E-state index is 0.0319. The fraction of sp³-hybridized carbons (Fsp3) is 0.542. The van der Waals surface area contributed by atoms with Crippen molar-refractivity contribution in [1.82, 2.24) is 9.97 Å². The van der Waals surface area contributed by atoms with E-state index in [0.29, 0.717) is 23.2 Å². The molecule has 1 unspecified atom stereocenters. The van der Waals surface area contributed by atoms with Crippen molar-refractivity contribution in [3.05, 3.63) is 35.0 Å². The molecule has 1 saturated carbocycles. The fourth-order valence-corrected chi connectivity index (χ4v) is 4.70. The van der Waals surface area contributed by atoms with Crippen LogP contribution < -0.4 is 15.1 Å². The number of carbonyl (C=O) groups is 1. The number of halogens is 1. The highest BCUT2D eigenvalue weighted by molar-refractivity contribution is 6.32. The Bertz CT molecular complexity index is 1000. The molecule has 1 saturated heterocycles. The van der Waals surface area contributed by atoms with Crippen LogP contribution in [0.1, 0.15) is 44.6 Å². The Morgan fingerprint density at radius 1 is 1.19 bits per heavy atom. The van der Waals surface area contributed by atoms with Crippen LogP contribution in [0.25, 0.3) is 0 Å². The second-order valence-electron chi connectivity index (χ2n) is 9.28. The Labute approximate surface area is 194 Å². The summed E-state index contributed by atoms with van der Waals surface area (Å²) in [5.74, 6) is 2.08. The molecule has 7 nitrogen and oxygen atoms in total. The highest BCUT2D eigenvalue weighted by Gasteiger charge is 2.34. The van der Waals surface area contributed by atoms with Crippen molar-refractivity contribution in [2.75, 3.05) is 35.3 Å². The number of ether oxygens (including phenoxy) is 1.